The van der Waals surface area contributed by atoms with Crippen LogP contribution in [0.2, 0.25) is 0 Å². The number of methoxy groups -OCH3 is 1. The summed E-state index contributed by atoms with van der Waals surface area (Å²) in [6.45, 7) is 3.24. The summed E-state index contributed by atoms with van der Waals surface area (Å²) in [5.41, 5.74) is 2.97. The van der Waals surface area contributed by atoms with Crippen LogP contribution < -0.4 is 0 Å². The number of carbonyl (C=O) groups is 1. The first-order valence-electron chi connectivity index (χ1n) is 10.3. The average molecular weight is 356 g/mol. The first-order valence-corrected chi connectivity index (χ1v) is 10.3. The van der Waals surface area contributed by atoms with Gasteiger partial charge in [-0.2, -0.15) is 0 Å². The molecule has 0 N–H and O–H groups in total. The molecule has 0 aromatic heterocycles. The largest absolute Gasteiger partial charge is 0.469 e. The number of allylic oxidation sites excluding steroid dienone is 1. The lowest BCUT2D eigenvalue weighted by Gasteiger charge is -2.25. The Morgan fingerprint density at radius 2 is 1.92 bits per heavy atom. The normalized spacial score (nSPS) is 22.5. The van der Waals surface area contributed by atoms with Gasteiger partial charge in [0.1, 0.15) is 0 Å². The molecule has 0 radical (unpaired) electrons. The van der Waals surface area contributed by atoms with Crippen LogP contribution >= 0.6 is 0 Å². The number of ether oxygens (including phenoxy) is 1. The van der Waals surface area contributed by atoms with Gasteiger partial charge in [-0.1, -0.05) is 55.7 Å². The van der Waals surface area contributed by atoms with E-state index in [1.165, 1.54) is 44.8 Å². The molecule has 3 nitrogen and oxygen atoms in total. The van der Waals surface area contributed by atoms with E-state index < -0.39 is 0 Å². The Balaban J connectivity index is 1.56. The summed E-state index contributed by atoms with van der Waals surface area (Å²) in [5, 5.41) is 0. The van der Waals surface area contributed by atoms with Gasteiger partial charge in [0, 0.05) is 19.5 Å². The van der Waals surface area contributed by atoms with Crippen molar-refractivity contribution in [1.82, 2.24) is 4.90 Å². The van der Waals surface area contributed by atoms with Gasteiger partial charge in [0.15, 0.2) is 0 Å². The molecule has 1 aliphatic carbocycles. The van der Waals surface area contributed by atoms with Crippen molar-refractivity contribution in [3.63, 3.8) is 0 Å². The first-order chi connectivity index (χ1) is 12.8. The number of hydrogen-bond acceptors (Lipinski definition) is 3. The molecule has 0 bridgehead atoms. The van der Waals surface area contributed by atoms with Gasteiger partial charge in [0.2, 0.25) is 0 Å². The van der Waals surface area contributed by atoms with Crippen LogP contribution in [0.3, 0.4) is 0 Å². The molecule has 0 spiro atoms. The summed E-state index contributed by atoms with van der Waals surface area (Å²) in [5.74, 6) is 1.13. The SMILES string of the molecule is COC(=O)CC1CCN(CC/C=C(/c2ccccc2)C2CCCCC2)C1. The van der Waals surface area contributed by atoms with E-state index in [-0.39, 0.29) is 5.97 Å². The van der Waals surface area contributed by atoms with Crippen molar-refractivity contribution in [3.8, 4) is 0 Å². The minimum atomic E-state index is -0.0691. The van der Waals surface area contributed by atoms with Crippen molar-refractivity contribution in [1.29, 1.82) is 0 Å². The molecule has 1 unspecified atom stereocenters. The number of hydrogen-bond donors (Lipinski definition) is 0. The summed E-state index contributed by atoms with van der Waals surface area (Å²) in [6, 6.07) is 11.0. The summed E-state index contributed by atoms with van der Waals surface area (Å²) < 4.78 is 4.81. The fourth-order valence-electron chi connectivity index (χ4n) is 4.57. The fraction of sp³-hybridized carbons (Fsp3) is 0.609. The average Bonchev–Trinajstić information content (AvgIpc) is 3.13. The predicted octanol–water partition coefficient (Wildman–Crippen LogP) is 4.93. The van der Waals surface area contributed by atoms with E-state index in [2.05, 4.69) is 41.3 Å². The molecule has 1 aliphatic heterocycles. The highest BCUT2D eigenvalue weighted by Crippen LogP contribution is 2.35. The van der Waals surface area contributed by atoms with E-state index >= 15 is 0 Å². The highest BCUT2D eigenvalue weighted by Gasteiger charge is 2.24. The highest BCUT2D eigenvalue weighted by molar-refractivity contribution is 5.69. The van der Waals surface area contributed by atoms with E-state index in [4.69, 9.17) is 4.74 Å². The standard InChI is InChI=1S/C23H33NO2/c1-26-23(25)17-19-14-16-24(18-19)15-8-13-22(20-9-4-2-5-10-20)21-11-6-3-7-12-21/h2,4-5,9-10,13,19,21H,3,6-8,11-12,14-18H2,1H3/b22-13-. The maximum atomic E-state index is 11.5. The van der Waals surface area contributed by atoms with Gasteiger partial charge in [-0.3, -0.25) is 4.79 Å². The van der Waals surface area contributed by atoms with Gasteiger partial charge in [0.25, 0.3) is 0 Å². The molecule has 0 amide bonds. The van der Waals surface area contributed by atoms with Crippen molar-refractivity contribution in [2.24, 2.45) is 11.8 Å². The lowest BCUT2D eigenvalue weighted by atomic mass is 9.80. The second-order valence-electron chi connectivity index (χ2n) is 7.88. The van der Waals surface area contributed by atoms with Gasteiger partial charge >= 0.3 is 5.97 Å². The second-order valence-corrected chi connectivity index (χ2v) is 7.88. The third-order valence-electron chi connectivity index (χ3n) is 6.01. The van der Waals surface area contributed by atoms with Crippen molar-refractivity contribution < 1.29 is 9.53 Å². The Kier molecular flexibility index (Phi) is 7.31. The first kappa shape index (κ1) is 19.2. The smallest absolute Gasteiger partial charge is 0.305 e. The predicted molar refractivity (Wildman–Crippen MR) is 107 cm³/mol. The molecule has 3 rings (SSSR count). The topological polar surface area (TPSA) is 29.5 Å². The zero-order valence-corrected chi connectivity index (χ0v) is 16.2. The Labute approximate surface area is 158 Å². The van der Waals surface area contributed by atoms with Crippen LogP contribution in [-0.4, -0.2) is 37.6 Å². The maximum absolute atomic E-state index is 11.5. The van der Waals surface area contributed by atoms with Crippen LogP contribution in [-0.2, 0) is 9.53 Å². The fourth-order valence-corrected chi connectivity index (χ4v) is 4.57. The molecular formula is C23H33NO2. The molecule has 26 heavy (non-hydrogen) atoms. The summed E-state index contributed by atoms with van der Waals surface area (Å²) in [4.78, 5) is 14.0. The summed E-state index contributed by atoms with van der Waals surface area (Å²) >= 11 is 0. The van der Waals surface area contributed by atoms with E-state index in [9.17, 15) is 4.79 Å². The number of carbonyl (C=O) groups excluding carboxylic acids is 1. The molecule has 2 fully saturated rings. The van der Waals surface area contributed by atoms with Gasteiger partial charge < -0.3 is 9.64 Å². The Morgan fingerprint density at radius 1 is 1.15 bits per heavy atom. The third kappa shape index (κ3) is 5.44. The van der Waals surface area contributed by atoms with Crippen LogP contribution in [0.5, 0.6) is 0 Å². The van der Waals surface area contributed by atoms with Crippen LogP contribution in [0.15, 0.2) is 36.4 Å². The Morgan fingerprint density at radius 3 is 2.65 bits per heavy atom. The van der Waals surface area contributed by atoms with E-state index in [1.54, 1.807) is 5.57 Å². The van der Waals surface area contributed by atoms with Gasteiger partial charge in [-0.05, 0) is 55.2 Å². The maximum Gasteiger partial charge on any atom is 0.305 e. The summed E-state index contributed by atoms with van der Waals surface area (Å²) in [7, 11) is 1.48. The van der Waals surface area contributed by atoms with Crippen molar-refractivity contribution in [3.05, 3.63) is 42.0 Å². The number of rotatable bonds is 7. The molecule has 1 saturated carbocycles. The number of nitrogens with zero attached hydrogens (tertiary/aromatic N) is 1. The van der Waals surface area contributed by atoms with Crippen molar-refractivity contribution in [2.45, 2.75) is 51.4 Å². The van der Waals surface area contributed by atoms with Crippen LogP contribution in [0.1, 0.15) is 56.9 Å². The molecule has 142 valence electrons. The van der Waals surface area contributed by atoms with E-state index in [0.29, 0.717) is 12.3 Å². The lowest BCUT2D eigenvalue weighted by Crippen LogP contribution is -2.22. The van der Waals surface area contributed by atoms with E-state index in [1.807, 2.05) is 0 Å². The van der Waals surface area contributed by atoms with Crippen molar-refractivity contribution in [2.75, 3.05) is 26.7 Å². The monoisotopic (exact) mass is 355 g/mol. The molecule has 1 aromatic carbocycles. The van der Waals surface area contributed by atoms with Crippen LogP contribution in [0.25, 0.3) is 5.57 Å². The quantitative estimate of drug-likeness (QED) is 0.650. The van der Waals surface area contributed by atoms with Crippen LogP contribution in [0.4, 0.5) is 0 Å². The van der Waals surface area contributed by atoms with Gasteiger partial charge in [-0.15, -0.1) is 0 Å². The third-order valence-corrected chi connectivity index (χ3v) is 6.01. The number of likely N-dealkylation sites (tertiary alicyclic amines) is 1. The molecule has 1 atom stereocenters. The molecular weight excluding hydrogens is 322 g/mol. The Hall–Kier alpha value is -1.61. The van der Waals surface area contributed by atoms with Gasteiger partial charge in [-0.25, -0.2) is 0 Å². The number of esters is 1. The van der Waals surface area contributed by atoms with E-state index in [0.717, 1.165) is 38.4 Å². The van der Waals surface area contributed by atoms with Crippen molar-refractivity contribution >= 4 is 11.5 Å². The molecule has 1 saturated heterocycles. The number of benzene rings is 1. The van der Waals surface area contributed by atoms with Crippen LogP contribution in [0, 0.1) is 11.8 Å². The van der Waals surface area contributed by atoms with Gasteiger partial charge in [0.05, 0.1) is 7.11 Å². The molecule has 3 heteroatoms. The minimum Gasteiger partial charge on any atom is -0.469 e. The molecule has 2 aliphatic rings. The zero-order valence-electron chi connectivity index (χ0n) is 16.2. The molecule has 1 heterocycles. The Bertz CT molecular complexity index is 589. The zero-order chi connectivity index (χ0) is 18.2. The summed E-state index contributed by atoms with van der Waals surface area (Å²) in [6.07, 6.45) is 12.1. The second kappa shape index (κ2) is 9.91. The highest BCUT2D eigenvalue weighted by atomic mass is 16.5. The molecule has 1 aromatic rings. The lowest BCUT2D eigenvalue weighted by molar-refractivity contribution is -0.141. The minimum absolute atomic E-state index is 0.0691.